The molecule has 23 heavy (non-hydrogen) atoms. The van der Waals surface area contributed by atoms with E-state index in [-0.39, 0.29) is 6.03 Å². The molecule has 0 saturated carbocycles. The zero-order valence-corrected chi connectivity index (χ0v) is 13.8. The molecule has 0 spiro atoms. The lowest BCUT2D eigenvalue weighted by atomic mass is 10.2. The third kappa shape index (κ3) is 5.70. The van der Waals surface area contributed by atoms with Crippen molar-refractivity contribution >= 4 is 11.7 Å². The number of carbonyl (C=O) groups excluding carboxylic acids is 1. The smallest absolute Gasteiger partial charge is 0.319 e. The predicted octanol–water partition coefficient (Wildman–Crippen LogP) is 4.15. The number of amides is 2. The summed E-state index contributed by atoms with van der Waals surface area (Å²) in [7, 11) is 0. The highest BCUT2D eigenvalue weighted by Gasteiger charge is 2.04. The van der Waals surface area contributed by atoms with Gasteiger partial charge < -0.3 is 10.6 Å². The van der Waals surface area contributed by atoms with Crippen LogP contribution in [0.1, 0.15) is 38.3 Å². The van der Waals surface area contributed by atoms with E-state index < -0.39 is 0 Å². The van der Waals surface area contributed by atoms with Gasteiger partial charge in [0.05, 0.1) is 0 Å². The Morgan fingerprint density at radius 2 is 1.87 bits per heavy atom. The second-order valence-corrected chi connectivity index (χ2v) is 5.54. The number of urea groups is 1. The molecule has 0 aliphatic carbocycles. The molecule has 122 valence electrons. The maximum Gasteiger partial charge on any atom is 0.319 e. The Bertz CT molecular complexity index is 625. The van der Waals surface area contributed by atoms with Crippen molar-refractivity contribution in [3.8, 4) is 11.4 Å². The van der Waals surface area contributed by atoms with E-state index in [0.717, 1.165) is 29.8 Å². The number of benzene rings is 1. The van der Waals surface area contributed by atoms with E-state index in [0.29, 0.717) is 12.4 Å². The van der Waals surface area contributed by atoms with Crippen LogP contribution in [0.25, 0.3) is 11.4 Å². The van der Waals surface area contributed by atoms with Crippen molar-refractivity contribution in [1.82, 2.24) is 15.3 Å². The Balaban J connectivity index is 1.84. The van der Waals surface area contributed by atoms with Crippen LogP contribution >= 0.6 is 0 Å². The molecular formula is C18H24N4O. The Labute approximate surface area is 137 Å². The third-order valence-corrected chi connectivity index (χ3v) is 3.51. The second kappa shape index (κ2) is 8.88. The number of aromatic nitrogens is 2. The first-order valence-corrected chi connectivity index (χ1v) is 8.14. The van der Waals surface area contributed by atoms with Crippen molar-refractivity contribution < 1.29 is 4.79 Å². The third-order valence-electron chi connectivity index (χ3n) is 3.51. The zero-order valence-electron chi connectivity index (χ0n) is 13.8. The quantitative estimate of drug-likeness (QED) is 0.755. The van der Waals surface area contributed by atoms with Gasteiger partial charge >= 0.3 is 6.03 Å². The first kappa shape index (κ1) is 16.9. The molecule has 0 saturated heterocycles. The Hall–Kier alpha value is -2.43. The summed E-state index contributed by atoms with van der Waals surface area (Å²) in [5.41, 5.74) is 2.62. The number of nitrogens with one attached hydrogen (secondary N) is 2. The Morgan fingerprint density at radius 1 is 1.09 bits per heavy atom. The molecule has 0 aliphatic heterocycles. The van der Waals surface area contributed by atoms with Crippen molar-refractivity contribution in [1.29, 1.82) is 0 Å². The molecule has 1 heterocycles. The first-order chi connectivity index (χ1) is 11.2. The number of carbonyl (C=O) groups is 1. The monoisotopic (exact) mass is 312 g/mol. The van der Waals surface area contributed by atoms with Crippen LogP contribution in [0.5, 0.6) is 0 Å². The number of nitrogens with zero attached hydrogens (tertiary/aromatic N) is 2. The van der Waals surface area contributed by atoms with E-state index in [1.54, 1.807) is 6.20 Å². The largest absolute Gasteiger partial charge is 0.338 e. The fourth-order valence-corrected chi connectivity index (χ4v) is 2.22. The van der Waals surface area contributed by atoms with Gasteiger partial charge in [0.15, 0.2) is 5.82 Å². The summed E-state index contributed by atoms with van der Waals surface area (Å²) in [5.74, 6) is 0.692. The minimum Gasteiger partial charge on any atom is -0.338 e. The van der Waals surface area contributed by atoms with Gasteiger partial charge in [-0.15, -0.1) is 0 Å². The van der Waals surface area contributed by atoms with E-state index in [1.165, 1.54) is 12.8 Å². The minimum atomic E-state index is -0.166. The van der Waals surface area contributed by atoms with Gasteiger partial charge in [-0.2, -0.15) is 0 Å². The molecule has 2 aromatic rings. The van der Waals surface area contributed by atoms with Gasteiger partial charge in [-0.1, -0.05) is 26.2 Å². The van der Waals surface area contributed by atoms with Crippen LogP contribution in [0.3, 0.4) is 0 Å². The topological polar surface area (TPSA) is 66.9 Å². The lowest BCUT2D eigenvalue weighted by Gasteiger charge is -2.08. The highest BCUT2D eigenvalue weighted by Crippen LogP contribution is 2.17. The van der Waals surface area contributed by atoms with Crippen LogP contribution in [-0.4, -0.2) is 22.5 Å². The standard InChI is InChI=1S/C18H24N4O/c1-3-4-5-6-12-20-18(23)22-16-9-7-15(8-10-16)17-19-13-11-14(2)21-17/h7-11,13H,3-6,12H2,1-2H3,(H2,20,22,23). The summed E-state index contributed by atoms with van der Waals surface area (Å²) in [5, 5.41) is 5.70. The van der Waals surface area contributed by atoms with Gasteiger partial charge in [0.2, 0.25) is 0 Å². The van der Waals surface area contributed by atoms with Crippen molar-refractivity contribution in [2.75, 3.05) is 11.9 Å². The molecule has 5 nitrogen and oxygen atoms in total. The number of rotatable bonds is 7. The lowest BCUT2D eigenvalue weighted by molar-refractivity contribution is 0.252. The van der Waals surface area contributed by atoms with E-state index >= 15 is 0 Å². The molecule has 0 unspecified atom stereocenters. The van der Waals surface area contributed by atoms with Crippen molar-refractivity contribution in [3.05, 3.63) is 42.2 Å². The summed E-state index contributed by atoms with van der Waals surface area (Å²) in [4.78, 5) is 20.4. The molecular weight excluding hydrogens is 288 g/mol. The minimum absolute atomic E-state index is 0.166. The molecule has 0 radical (unpaired) electrons. The van der Waals surface area contributed by atoms with Gasteiger partial charge in [-0.3, -0.25) is 0 Å². The number of anilines is 1. The van der Waals surface area contributed by atoms with Crippen molar-refractivity contribution in [2.24, 2.45) is 0 Å². The van der Waals surface area contributed by atoms with Crippen molar-refractivity contribution in [2.45, 2.75) is 39.5 Å². The first-order valence-electron chi connectivity index (χ1n) is 8.14. The van der Waals surface area contributed by atoms with E-state index in [2.05, 4.69) is 27.5 Å². The maximum absolute atomic E-state index is 11.8. The zero-order chi connectivity index (χ0) is 16.5. The summed E-state index contributed by atoms with van der Waals surface area (Å²) in [6.45, 7) is 4.82. The van der Waals surface area contributed by atoms with Crippen molar-refractivity contribution in [3.63, 3.8) is 0 Å². The second-order valence-electron chi connectivity index (χ2n) is 5.54. The van der Waals surface area contributed by atoms with E-state index in [4.69, 9.17) is 0 Å². The van der Waals surface area contributed by atoms with Crippen LogP contribution in [0.2, 0.25) is 0 Å². The normalized spacial score (nSPS) is 10.3. The summed E-state index contributed by atoms with van der Waals surface area (Å²) in [6.07, 6.45) is 6.33. The van der Waals surface area contributed by atoms with Gasteiger partial charge in [-0.05, 0) is 43.7 Å². The fourth-order valence-electron chi connectivity index (χ4n) is 2.22. The number of hydrogen-bond acceptors (Lipinski definition) is 3. The highest BCUT2D eigenvalue weighted by molar-refractivity contribution is 5.89. The Kier molecular flexibility index (Phi) is 6.54. The van der Waals surface area contributed by atoms with Gasteiger partial charge in [0.25, 0.3) is 0 Å². The molecule has 2 amide bonds. The van der Waals surface area contributed by atoms with Crippen LogP contribution in [0.15, 0.2) is 36.5 Å². The fraction of sp³-hybridized carbons (Fsp3) is 0.389. The lowest BCUT2D eigenvalue weighted by Crippen LogP contribution is -2.29. The summed E-state index contributed by atoms with van der Waals surface area (Å²) >= 11 is 0. The van der Waals surface area contributed by atoms with Crippen LogP contribution in [0.4, 0.5) is 10.5 Å². The molecule has 1 aromatic carbocycles. The molecule has 0 bridgehead atoms. The van der Waals surface area contributed by atoms with Crippen LogP contribution in [0, 0.1) is 6.92 Å². The summed E-state index contributed by atoms with van der Waals surface area (Å²) in [6, 6.07) is 9.23. The average molecular weight is 312 g/mol. The molecule has 1 aromatic heterocycles. The summed E-state index contributed by atoms with van der Waals surface area (Å²) < 4.78 is 0. The van der Waals surface area contributed by atoms with Crippen LogP contribution < -0.4 is 10.6 Å². The van der Waals surface area contributed by atoms with Gasteiger partial charge in [-0.25, -0.2) is 14.8 Å². The number of aryl methyl sites for hydroxylation is 1. The predicted molar refractivity (Wildman–Crippen MR) is 93.4 cm³/mol. The molecule has 0 aliphatic rings. The maximum atomic E-state index is 11.8. The number of unbranched alkanes of at least 4 members (excludes halogenated alkanes) is 3. The highest BCUT2D eigenvalue weighted by atomic mass is 16.2. The molecule has 0 fully saturated rings. The van der Waals surface area contributed by atoms with E-state index in [9.17, 15) is 4.79 Å². The molecule has 0 atom stereocenters. The molecule has 5 heteroatoms. The van der Waals surface area contributed by atoms with Crippen LogP contribution in [-0.2, 0) is 0 Å². The van der Waals surface area contributed by atoms with E-state index in [1.807, 2.05) is 37.3 Å². The SMILES string of the molecule is CCCCCCNC(=O)Nc1ccc(-c2nccc(C)n2)cc1. The van der Waals surface area contributed by atoms with Gasteiger partial charge in [0.1, 0.15) is 0 Å². The molecule has 2 rings (SSSR count). The number of hydrogen-bond donors (Lipinski definition) is 2. The molecule has 2 N–H and O–H groups in total. The Morgan fingerprint density at radius 3 is 2.57 bits per heavy atom. The van der Waals surface area contributed by atoms with Gasteiger partial charge in [0, 0.05) is 29.7 Å². The average Bonchev–Trinajstić information content (AvgIpc) is 2.55.